The molecule has 0 N–H and O–H groups in total. The smallest absolute Gasteiger partial charge is 0.161 e. The number of hydrogen-bond donors (Lipinski definition) is 0. The summed E-state index contributed by atoms with van der Waals surface area (Å²) in [7, 11) is 7.45. The Morgan fingerprint density at radius 3 is 2.05 bits per heavy atom. The summed E-state index contributed by atoms with van der Waals surface area (Å²) >= 11 is 0. The predicted molar refractivity (Wildman–Crippen MR) is 82.4 cm³/mol. The van der Waals surface area contributed by atoms with Gasteiger partial charge in [0.25, 0.3) is 0 Å². The highest BCUT2D eigenvalue weighted by molar-refractivity contribution is 5.71. The van der Waals surface area contributed by atoms with Gasteiger partial charge in [-0.25, -0.2) is 0 Å². The van der Waals surface area contributed by atoms with Crippen LogP contribution in [0.3, 0.4) is 0 Å². The summed E-state index contributed by atoms with van der Waals surface area (Å²) in [6, 6.07) is 14.4. The average molecular weight is 271 g/mol. The lowest BCUT2D eigenvalue weighted by atomic mass is 9.98. The van der Waals surface area contributed by atoms with E-state index in [0.717, 1.165) is 18.0 Å². The van der Waals surface area contributed by atoms with E-state index in [1.807, 2.05) is 24.3 Å². The lowest BCUT2D eigenvalue weighted by molar-refractivity contribution is 0.352. The molecule has 0 fully saturated rings. The fourth-order valence-electron chi connectivity index (χ4n) is 2.28. The van der Waals surface area contributed by atoms with E-state index < -0.39 is 0 Å². The third-order valence-corrected chi connectivity index (χ3v) is 3.18. The van der Waals surface area contributed by atoms with Crippen LogP contribution in [0.2, 0.25) is 0 Å². The first-order chi connectivity index (χ1) is 9.65. The third-order valence-electron chi connectivity index (χ3n) is 3.18. The largest absolute Gasteiger partial charge is 0.493 e. The van der Waals surface area contributed by atoms with Crippen LogP contribution in [0.4, 0.5) is 0 Å². The van der Waals surface area contributed by atoms with Crippen molar-refractivity contribution in [3.8, 4) is 22.6 Å². The lowest BCUT2D eigenvalue weighted by Crippen LogP contribution is -2.12. The molecule has 0 aromatic heterocycles. The van der Waals surface area contributed by atoms with Crippen molar-refractivity contribution < 1.29 is 9.47 Å². The van der Waals surface area contributed by atoms with E-state index in [4.69, 9.17) is 9.47 Å². The zero-order valence-corrected chi connectivity index (χ0v) is 12.5. The second-order valence-corrected chi connectivity index (χ2v) is 4.97. The first-order valence-corrected chi connectivity index (χ1v) is 6.60. The van der Waals surface area contributed by atoms with Crippen molar-refractivity contribution in [3.63, 3.8) is 0 Å². The van der Waals surface area contributed by atoms with Gasteiger partial charge < -0.3 is 14.4 Å². The van der Waals surface area contributed by atoms with E-state index in [1.54, 1.807) is 14.2 Å². The molecule has 0 spiro atoms. The molecule has 0 aliphatic heterocycles. The summed E-state index contributed by atoms with van der Waals surface area (Å²) in [5.74, 6) is 1.53. The summed E-state index contributed by atoms with van der Waals surface area (Å²) in [5.41, 5.74) is 3.58. The Morgan fingerprint density at radius 2 is 1.50 bits per heavy atom. The normalized spacial score (nSPS) is 10.7. The summed E-state index contributed by atoms with van der Waals surface area (Å²) in [4.78, 5) is 2.15. The lowest BCUT2D eigenvalue weighted by Gasteiger charge is -2.18. The van der Waals surface area contributed by atoms with Gasteiger partial charge in [0.1, 0.15) is 0 Å². The molecular formula is C17H21NO2. The molecule has 2 aromatic carbocycles. The van der Waals surface area contributed by atoms with Crippen LogP contribution in [0.1, 0.15) is 5.56 Å². The van der Waals surface area contributed by atoms with E-state index in [1.165, 1.54) is 16.7 Å². The van der Waals surface area contributed by atoms with Crippen LogP contribution < -0.4 is 9.47 Å². The molecule has 0 unspecified atom stereocenters. The summed E-state index contributed by atoms with van der Waals surface area (Å²) in [6.45, 7) is 0.852. The van der Waals surface area contributed by atoms with Gasteiger partial charge in [-0.05, 0) is 42.9 Å². The molecule has 20 heavy (non-hydrogen) atoms. The number of benzene rings is 2. The first-order valence-electron chi connectivity index (χ1n) is 6.60. The molecule has 2 rings (SSSR count). The van der Waals surface area contributed by atoms with Gasteiger partial charge in [-0.3, -0.25) is 0 Å². The molecule has 3 heteroatoms. The van der Waals surface area contributed by atoms with Gasteiger partial charge in [0.2, 0.25) is 0 Å². The molecule has 2 aromatic rings. The molecule has 0 atom stereocenters. The first kappa shape index (κ1) is 14.4. The van der Waals surface area contributed by atoms with Crippen LogP contribution in [0.15, 0.2) is 42.5 Å². The van der Waals surface area contributed by atoms with Crippen LogP contribution in [-0.4, -0.2) is 33.2 Å². The van der Waals surface area contributed by atoms with Gasteiger partial charge in [-0.2, -0.15) is 0 Å². The van der Waals surface area contributed by atoms with E-state index in [-0.39, 0.29) is 0 Å². The number of nitrogens with zero attached hydrogens (tertiary/aromatic N) is 1. The highest BCUT2D eigenvalue weighted by Crippen LogP contribution is 2.36. The van der Waals surface area contributed by atoms with Gasteiger partial charge in [-0.1, -0.05) is 30.3 Å². The molecular weight excluding hydrogens is 250 g/mol. The molecule has 0 amide bonds. The second-order valence-electron chi connectivity index (χ2n) is 4.97. The minimum absolute atomic E-state index is 0.758. The van der Waals surface area contributed by atoms with Crippen LogP contribution in [0.5, 0.6) is 11.5 Å². The quantitative estimate of drug-likeness (QED) is 0.831. The molecule has 106 valence electrons. The minimum Gasteiger partial charge on any atom is -0.493 e. The maximum Gasteiger partial charge on any atom is 0.161 e. The Bertz CT molecular complexity index is 565. The second kappa shape index (κ2) is 6.44. The third kappa shape index (κ3) is 3.11. The van der Waals surface area contributed by atoms with E-state index >= 15 is 0 Å². The van der Waals surface area contributed by atoms with Gasteiger partial charge in [0, 0.05) is 6.54 Å². The van der Waals surface area contributed by atoms with E-state index in [2.05, 4.69) is 37.2 Å². The fraction of sp³-hybridized carbons (Fsp3) is 0.294. The summed E-state index contributed by atoms with van der Waals surface area (Å²) in [5, 5.41) is 0. The zero-order valence-electron chi connectivity index (χ0n) is 12.5. The fourth-order valence-corrected chi connectivity index (χ4v) is 2.28. The zero-order chi connectivity index (χ0) is 14.5. The van der Waals surface area contributed by atoms with Crippen LogP contribution >= 0.6 is 0 Å². The minimum atomic E-state index is 0.758. The van der Waals surface area contributed by atoms with Crippen LogP contribution in [-0.2, 0) is 6.54 Å². The van der Waals surface area contributed by atoms with Crippen molar-refractivity contribution >= 4 is 0 Å². The maximum absolute atomic E-state index is 5.42. The number of rotatable bonds is 5. The number of ether oxygens (including phenoxy) is 2. The van der Waals surface area contributed by atoms with Gasteiger partial charge in [0.15, 0.2) is 11.5 Å². The number of hydrogen-bond acceptors (Lipinski definition) is 3. The SMILES string of the molecule is COc1cc(CN(C)C)c(-c2ccccc2)cc1OC. The van der Waals surface area contributed by atoms with Crippen LogP contribution in [0.25, 0.3) is 11.1 Å². The highest BCUT2D eigenvalue weighted by Gasteiger charge is 2.13. The molecule has 0 aliphatic rings. The van der Waals surface area contributed by atoms with Crippen molar-refractivity contribution in [2.45, 2.75) is 6.54 Å². The average Bonchev–Trinajstić information content (AvgIpc) is 2.47. The maximum atomic E-state index is 5.42. The van der Waals surface area contributed by atoms with Gasteiger partial charge in [-0.15, -0.1) is 0 Å². The van der Waals surface area contributed by atoms with E-state index in [0.29, 0.717) is 0 Å². The monoisotopic (exact) mass is 271 g/mol. The van der Waals surface area contributed by atoms with Gasteiger partial charge in [0.05, 0.1) is 14.2 Å². The Labute approximate surface area is 120 Å². The van der Waals surface area contributed by atoms with Crippen molar-refractivity contribution in [2.75, 3.05) is 28.3 Å². The van der Waals surface area contributed by atoms with Gasteiger partial charge >= 0.3 is 0 Å². The summed E-state index contributed by atoms with van der Waals surface area (Å²) < 4.78 is 10.8. The molecule has 0 saturated carbocycles. The molecule has 0 radical (unpaired) electrons. The Kier molecular flexibility index (Phi) is 4.64. The van der Waals surface area contributed by atoms with Crippen molar-refractivity contribution in [2.24, 2.45) is 0 Å². The van der Waals surface area contributed by atoms with Crippen molar-refractivity contribution in [3.05, 3.63) is 48.0 Å². The molecule has 0 heterocycles. The molecule has 0 saturated heterocycles. The Hall–Kier alpha value is -2.00. The van der Waals surface area contributed by atoms with Crippen LogP contribution in [0, 0.1) is 0 Å². The standard InChI is InChI=1S/C17H21NO2/c1-18(2)12-14-10-16(19-3)17(20-4)11-15(14)13-8-6-5-7-9-13/h5-11H,12H2,1-4H3. The molecule has 0 bridgehead atoms. The van der Waals surface area contributed by atoms with Crippen molar-refractivity contribution in [1.82, 2.24) is 4.90 Å². The Balaban J connectivity index is 2.57. The molecule has 3 nitrogen and oxygen atoms in total. The molecule has 0 aliphatic carbocycles. The highest BCUT2D eigenvalue weighted by atomic mass is 16.5. The summed E-state index contributed by atoms with van der Waals surface area (Å²) in [6.07, 6.45) is 0. The van der Waals surface area contributed by atoms with E-state index in [9.17, 15) is 0 Å². The Morgan fingerprint density at radius 1 is 0.900 bits per heavy atom. The van der Waals surface area contributed by atoms with Crippen molar-refractivity contribution in [1.29, 1.82) is 0 Å². The number of methoxy groups -OCH3 is 2. The topological polar surface area (TPSA) is 21.7 Å². The predicted octanol–water partition coefficient (Wildman–Crippen LogP) is 3.43.